The van der Waals surface area contributed by atoms with Gasteiger partial charge in [0.05, 0.1) is 11.4 Å². The van der Waals surface area contributed by atoms with E-state index in [0.717, 1.165) is 30.3 Å². The molecule has 0 unspecified atom stereocenters. The fourth-order valence-electron chi connectivity index (χ4n) is 3.22. The van der Waals surface area contributed by atoms with Gasteiger partial charge in [0.1, 0.15) is 11.6 Å². The summed E-state index contributed by atoms with van der Waals surface area (Å²) in [4.78, 5) is 28.4. The van der Waals surface area contributed by atoms with Crippen molar-refractivity contribution >= 4 is 23.5 Å². The van der Waals surface area contributed by atoms with Crippen LogP contribution < -0.4 is 10.2 Å². The fourth-order valence-corrected chi connectivity index (χ4v) is 3.97. The summed E-state index contributed by atoms with van der Waals surface area (Å²) >= 11 is 1.51. The maximum Gasteiger partial charge on any atom is 0.287 e. The van der Waals surface area contributed by atoms with Gasteiger partial charge in [0.25, 0.3) is 5.91 Å². The van der Waals surface area contributed by atoms with Crippen LogP contribution in [0.25, 0.3) is 0 Å². The highest BCUT2D eigenvalue weighted by Crippen LogP contribution is 2.28. The number of aromatic nitrogens is 3. The smallest absolute Gasteiger partial charge is 0.287 e. The van der Waals surface area contributed by atoms with E-state index in [1.165, 1.54) is 11.8 Å². The summed E-state index contributed by atoms with van der Waals surface area (Å²) in [7, 11) is 0. The number of nitrogens with zero attached hydrogens (tertiary/aromatic N) is 4. The van der Waals surface area contributed by atoms with E-state index in [1.54, 1.807) is 12.3 Å². The first kappa shape index (κ1) is 24.8. The number of pyridine rings is 1. The third kappa shape index (κ3) is 7.05. The first-order chi connectivity index (χ1) is 15.8. The van der Waals surface area contributed by atoms with Crippen molar-refractivity contribution in [3.8, 4) is 0 Å². The highest BCUT2D eigenvalue weighted by atomic mass is 32.2. The van der Waals surface area contributed by atoms with Gasteiger partial charge in [-0.05, 0) is 38.1 Å². The van der Waals surface area contributed by atoms with Crippen LogP contribution in [0.4, 0.5) is 5.82 Å². The summed E-state index contributed by atoms with van der Waals surface area (Å²) in [6.07, 6.45) is 2.42. The number of furan rings is 1. The molecular weight excluding hydrogens is 434 g/mol. The topological polar surface area (TPSA) is 84.2 Å². The molecule has 8 heteroatoms. The molecule has 0 aliphatic heterocycles. The van der Waals surface area contributed by atoms with Gasteiger partial charge in [0.2, 0.25) is 0 Å². The molecular formula is C25H33N5O2S. The van der Waals surface area contributed by atoms with Crippen LogP contribution in [0.2, 0.25) is 0 Å². The minimum Gasteiger partial charge on any atom is -0.455 e. The minimum atomic E-state index is -0.225. The number of hydrogen-bond donors (Lipinski definition) is 1. The number of amides is 1. The summed E-state index contributed by atoms with van der Waals surface area (Å²) in [5.74, 6) is 2.28. The van der Waals surface area contributed by atoms with Crippen LogP contribution in [0.15, 0.2) is 52.2 Å². The minimum absolute atomic E-state index is 0.0780. The van der Waals surface area contributed by atoms with E-state index in [1.807, 2.05) is 24.3 Å². The Morgan fingerprint density at radius 1 is 1.12 bits per heavy atom. The van der Waals surface area contributed by atoms with E-state index in [4.69, 9.17) is 14.4 Å². The lowest BCUT2D eigenvalue weighted by Gasteiger charge is -2.24. The molecule has 0 atom stereocenters. The summed E-state index contributed by atoms with van der Waals surface area (Å²) in [5.41, 5.74) is 1.87. The maximum atomic E-state index is 12.4. The molecule has 0 saturated heterocycles. The van der Waals surface area contributed by atoms with Crippen LogP contribution in [0, 0.1) is 0 Å². The fraction of sp³-hybridized carbons (Fsp3) is 0.440. The molecule has 3 aromatic heterocycles. The van der Waals surface area contributed by atoms with Gasteiger partial charge in [0, 0.05) is 49.4 Å². The molecule has 0 bridgehead atoms. The Kier molecular flexibility index (Phi) is 8.49. The largest absolute Gasteiger partial charge is 0.455 e. The zero-order valence-corrected chi connectivity index (χ0v) is 20.9. The lowest BCUT2D eigenvalue weighted by molar-refractivity contribution is 0.0925. The van der Waals surface area contributed by atoms with Crippen molar-refractivity contribution in [2.75, 3.05) is 24.5 Å². The van der Waals surface area contributed by atoms with Crippen molar-refractivity contribution in [2.24, 2.45) is 0 Å². The molecule has 0 aliphatic carbocycles. The average Bonchev–Trinajstić information content (AvgIpc) is 3.28. The number of hydrogen-bond acceptors (Lipinski definition) is 7. The summed E-state index contributed by atoms with van der Waals surface area (Å²) in [6, 6.07) is 11.4. The molecule has 0 saturated carbocycles. The number of nitrogens with one attached hydrogen (secondary N) is 1. The van der Waals surface area contributed by atoms with Crippen LogP contribution >= 0.6 is 11.8 Å². The zero-order valence-electron chi connectivity index (χ0n) is 20.1. The van der Waals surface area contributed by atoms with Crippen molar-refractivity contribution in [1.29, 1.82) is 0 Å². The Morgan fingerprint density at radius 3 is 2.58 bits per heavy atom. The monoisotopic (exact) mass is 467 g/mol. The van der Waals surface area contributed by atoms with Crippen molar-refractivity contribution in [1.82, 2.24) is 20.3 Å². The van der Waals surface area contributed by atoms with E-state index in [9.17, 15) is 4.79 Å². The Balaban J connectivity index is 1.62. The normalized spacial score (nSPS) is 11.4. The van der Waals surface area contributed by atoms with Crippen molar-refractivity contribution in [3.63, 3.8) is 0 Å². The molecule has 33 heavy (non-hydrogen) atoms. The van der Waals surface area contributed by atoms with Gasteiger partial charge >= 0.3 is 0 Å². The molecule has 0 aromatic carbocycles. The quantitative estimate of drug-likeness (QED) is 0.336. The molecule has 0 spiro atoms. The van der Waals surface area contributed by atoms with Gasteiger partial charge in [-0.15, -0.1) is 0 Å². The Labute approximate surface area is 200 Å². The molecule has 3 rings (SSSR count). The first-order valence-corrected chi connectivity index (χ1v) is 12.3. The maximum absolute atomic E-state index is 12.4. The van der Waals surface area contributed by atoms with Crippen LogP contribution in [-0.2, 0) is 17.6 Å². The van der Waals surface area contributed by atoms with Crippen LogP contribution in [0.5, 0.6) is 0 Å². The third-order valence-corrected chi connectivity index (χ3v) is 6.04. The highest BCUT2D eigenvalue weighted by molar-refractivity contribution is 7.98. The van der Waals surface area contributed by atoms with E-state index in [0.29, 0.717) is 35.4 Å². The van der Waals surface area contributed by atoms with E-state index in [-0.39, 0.29) is 11.3 Å². The van der Waals surface area contributed by atoms with Crippen molar-refractivity contribution in [3.05, 3.63) is 65.5 Å². The number of carbonyl (C=O) groups is 1. The highest BCUT2D eigenvalue weighted by Gasteiger charge is 2.20. The average molecular weight is 468 g/mol. The molecule has 7 nitrogen and oxygen atoms in total. The second-order valence-corrected chi connectivity index (χ2v) is 9.64. The first-order valence-electron chi connectivity index (χ1n) is 11.3. The van der Waals surface area contributed by atoms with Gasteiger partial charge in [-0.2, -0.15) is 0 Å². The van der Waals surface area contributed by atoms with Crippen LogP contribution in [-0.4, -0.2) is 40.5 Å². The van der Waals surface area contributed by atoms with Gasteiger partial charge in [-0.3, -0.25) is 9.78 Å². The molecule has 3 aromatic rings. The van der Waals surface area contributed by atoms with Crippen molar-refractivity contribution < 1.29 is 9.21 Å². The molecule has 3 heterocycles. The number of rotatable bonds is 10. The Bertz CT molecular complexity index is 1040. The van der Waals surface area contributed by atoms with Gasteiger partial charge < -0.3 is 14.6 Å². The second-order valence-electron chi connectivity index (χ2n) is 8.70. The van der Waals surface area contributed by atoms with Crippen LogP contribution in [0.3, 0.4) is 0 Å². The molecule has 1 amide bonds. The number of carbonyl (C=O) groups excluding carboxylic acids is 1. The Hall–Kier alpha value is -2.87. The van der Waals surface area contributed by atoms with Gasteiger partial charge in [-0.1, -0.05) is 38.6 Å². The van der Waals surface area contributed by atoms with Gasteiger partial charge in [-0.25, -0.2) is 9.97 Å². The molecule has 0 aliphatic rings. The van der Waals surface area contributed by atoms with Gasteiger partial charge in [0.15, 0.2) is 10.9 Å². The molecule has 176 valence electrons. The van der Waals surface area contributed by atoms with E-state index < -0.39 is 0 Å². The summed E-state index contributed by atoms with van der Waals surface area (Å²) in [5, 5.41) is 3.59. The zero-order chi connectivity index (χ0) is 23.8. The van der Waals surface area contributed by atoms with Crippen molar-refractivity contribution in [2.45, 2.75) is 57.4 Å². The number of thioether (sulfide) groups is 1. The summed E-state index contributed by atoms with van der Waals surface area (Å²) < 4.78 is 5.77. The molecule has 1 N–H and O–H groups in total. The SMILES string of the molecule is CCN(CC)c1cc(C(C)(C)C)nc(SCc2ccc(C(=O)NCCc3ccccn3)o2)n1. The predicted octanol–water partition coefficient (Wildman–Crippen LogP) is 4.87. The molecule has 0 fully saturated rings. The lowest BCUT2D eigenvalue weighted by atomic mass is 9.92. The number of anilines is 1. The predicted molar refractivity (Wildman–Crippen MR) is 133 cm³/mol. The van der Waals surface area contributed by atoms with E-state index in [2.05, 4.69) is 55.9 Å². The summed E-state index contributed by atoms with van der Waals surface area (Å²) in [6.45, 7) is 13.0. The van der Waals surface area contributed by atoms with Crippen LogP contribution in [0.1, 0.15) is 62.3 Å². The lowest BCUT2D eigenvalue weighted by Crippen LogP contribution is -2.25. The second kappa shape index (κ2) is 11.3. The third-order valence-electron chi connectivity index (χ3n) is 5.17. The van der Waals surface area contributed by atoms with E-state index >= 15 is 0 Å². The standard InChI is InChI=1S/C25H33N5O2S/c1-6-30(7-2)22-16-21(25(3,4)5)28-24(29-22)33-17-19-11-12-20(32-19)23(31)27-15-13-18-10-8-9-14-26-18/h8-12,14,16H,6-7,13,15,17H2,1-5H3,(H,27,31). The molecule has 0 radical (unpaired) electrons. The Morgan fingerprint density at radius 2 is 1.91 bits per heavy atom.